The highest BCUT2D eigenvalue weighted by Gasteiger charge is 2.44. The molecular formula is C55H99NO10. The Morgan fingerprint density at radius 1 is 0.561 bits per heavy atom. The highest BCUT2D eigenvalue weighted by Crippen LogP contribution is 2.23. The summed E-state index contributed by atoms with van der Waals surface area (Å²) in [6, 6.07) is -0.871. The predicted octanol–water partition coefficient (Wildman–Crippen LogP) is 11.3. The molecule has 1 aliphatic rings. The summed E-state index contributed by atoms with van der Waals surface area (Å²) in [5.74, 6) is -0.315. The Hall–Kier alpha value is -2.38. The summed E-state index contributed by atoms with van der Waals surface area (Å²) in [6.45, 7) is 4.21. The zero-order chi connectivity index (χ0) is 48.1. The molecule has 6 N–H and O–H groups in total. The normalized spacial score (nSPS) is 20.0. The van der Waals surface area contributed by atoms with Crippen molar-refractivity contribution >= 4 is 11.9 Å². The highest BCUT2D eigenvalue weighted by atomic mass is 16.7. The van der Waals surface area contributed by atoms with Crippen LogP contribution in [-0.4, -0.2) is 100 Å². The molecule has 0 bridgehead atoms. The number of aliphatic hydroxyl groups is 5. The highest BCUT2D eigenvalue weighted by molar-refractivity contribution is 5.76. The van der Waals surface area contributed by atoms with Gasteiger partial charge in [0.15, 0.2) is 6.29 Å². The van der Waals surface area contributed by atoms with Crippen molar-refractivity contribution in [1.82, 2.24) is 5.32 Å². The first kappa shape index (κ1) is 61.6. The molecule has 1 aliphatic heterocycles. The van der Waals surface area contributed by atoms with E-state index in [0.717, 1.165) is 70.6 Å². The number of carbonyl (C=O) groups is 2. The number of hydrogen-bond acceptors (Lipinski definition) is 10. The molecule has 0 radical (unpaired) electrons. The summed E-state index contributed by atoms with van der Waals surface area (Å²) in [4.78, 5) is 25.0. The minimum absolute atomic E-state index is 0.0413. The summed E-state index contributed by atoms with van der Waals surface area (Å²) < 4.78 is 16.6. The molecule has 66 heavy (non-hydrogen) atoms. The number of esters is 1. The first-order chi connectivity index (χ1) is 32.2. The molecule has 0 aliphatic carbocycles. The smallest absolute Gasteiger partial charge is 0.305 e. The van der Waals surface area contributed by atoms with Gasteiger partial charge in [-0.25, -0.2) is 0 Å². The second-order valence-corrected chi connectivity index (χ2v) is 18.6. The molecule has 11 nitrogen and oxygen atoms in total. The molecule has 0 aromatic carbocycles. The van der Waals surface area contributed by atoms with Gasteiger partial charge in [-0.05, 0) is 64.2 Å². The predicted molar refractivity (Wildman–Crippen MR) is 269 cm³/mol. The van der Waals surface area contributed by atoms with Crippen LogP contribution in [0, 0.1) is 0 Å². The Kier molecular flexibility index (Phi) is 42.1. The Morgan fingerprint density at radius 3 is 1.62 bits per heavy atom. The van der Waals surface area contributed by atoms with Gasteiger partial charge in [-0.3, -0.25) is 9.59 Å². The third kappa shape index (κ3) is 34.8. The van der Waals surface area contributed by atoms with Crippen LogP contribution in [0.1, 0.15) is 226 Å². The first-order valence-corrected chi connectivity index (χ1v) is 26.9. The van der Waals surface area contributed by atoms with Crippen molar-refractivity contribution in [2.24, 2.45) is 0 Å². The fourth-order valence-electron chi connectivity index (χ4n) is 8.09. The second-order valence-electron chi connectivity index (χ2n) is 18.6. The lowest BCUT2D eigenvalue weighted by Crippen LogP contribution is -2.60. The van der Waals surface area contributed by atoms with E-state index in [-0.39, 0.29) is 24.9 Å². The Morgan fingerprint density at radius 2 is 1.05 bits per heavy atom. The lowest BCUT2D eigenvalue weighted by Gasteiger charge is -2.40. The van der Waals surface area contributed by atoms with Gasteiger partial charge in [0.1, 0.15) is 24.4 Å². The maximum absolute atomic E-state index is 13.0. The summed E-state index contributed by atoms with van der Waals surface area (Å²) >= 11 is 0. The van der Waals surface area contributed by atoms with Crippen molar-refractivity contribution in [3.63, 3.8) is 0 Å². The van der Waals surface area contributed by atoms with Crippen molar-refractivity contribution in [3.8, 4) is 0 Å². The summed E-state index contributed by atoms with van der Waals surface area (Å²) in [7, 11) is 0. The fraction of sp³-hybridized carbons (Fsp3) is 0.818. The maximum Gasteiger partial charge on any atom is 0.305 e. The molecule has 384 valence electrons. The van der Waals surface area contributed by atoms with E-state index >= 15 is 0 Å². The third-order valence-electron chi connectivity index (χ3n) is 12.4. The van der Waals surface area contributed by atoms with Crippen molar-refractivity contribution < 1.29 is 49.3 Å². The molecule has 1 saturated heterocycles. The standard InChI is InChI=1S/C55H99NO10/c1-3-5-7-9-11-13-15-16-18-22-25-29-33-37-41-48(58)47(46-65-55-54(63)53(62)52(61)49(45-57)66-55)56-50(59)42-38-34-30-26-23-19-17-20-24-28-32-36-40-44-64-51(60)43-39-35-31-27-21-14-12-10-8-6-4-2/h19,22-23,25,30,34,37,41,47-49,52-55,57-58,61-63H,3-18,20-21,24,26-29,31-33,35-36,38-40,42-46H2,1-2H3,(H,56,59)/b23-19-,25-22+,34-30-,41-37+. The number of amides is 1. The molecule has 7 atom stereocenters. The van der Waals surface area contributed by atoms with Gasteiger partial charge in [0.25, 0.3) is 0 Å². The van der Waals surface area contributed by atoms with E-state index in [1.54, 1.807) is 6.08 Å². The molecule has 0 aromatic rings. The summed E-state index contributed by atoms with van der Waals surface area (Å²) in [6.07, 6.45) is 44.9. The van der Waals surface area contributed by atoms with Crippen LogP contribution in [0.25, 0.3) is 0 Å². The first-order valence-electron chi connectivity index (χ1n) is 26.9. The van der Waals surface area contributed by atoms with Crippen molar-refractivity contribution in [3.05, 3.63) is 48.6 Å². The number of allylic oxidation sites excluding steroid dienone is 7. The van der Waals surface area contributed by atoms with Gasteiger partial charge >= 0.3 is 5.97 Å². The molecule has 1 rings (SSSR count). The van der Waals surface area contributed by atoms with E-state index in [9.17, 15) is 35.1 Å². The van der Waals surface area contributed by atoms with E-state index in [1.165, 1.54) is 122 Å². The average Bonchev–Trinajstić information content (AvgIpc) is 3.31. The van der Waals surface area contributed by atoms with E-state index in [4.69, 9.17) is 14.2 Å². The largest absolute Gasteiger partial charge is 0.466 e. The van der Waals surface area contributed by atoms with E-state index in [0.29, 0.717) is 19.4 Å². The van der Waals surface area contributed by atoms with Crippen LogP contribution in [0.2, 0.25) is 0 Å². The van der Waals surface area contributed by atoms with Crippen LogP contribution in [0.3, 0.4) is 0 Å². The Bertz CT molecular complexity index is 1240. The number of rotatable bonds is 45. The summed E-state index contributed by atoms with van der Waals surface area (Å²) in [5.41, 5.74) is 0. The summed E-state index contributed by atoms with van der Waals surface area (Å²) in [5, 5.41) is 54.2. The number of hydrogen-bond donors (Lipinski definition) is 6. The van der Waals surface area contributed by atoms with Crippen LogP contribution in [0.5, 0.6) is 0 Å². The minimum Gasteiger partial charge on any atom is -0.466 e. The van der Waals surface area contributed by atoms with Gasteiger partial charge in [-0.1, -0.05) is 197 Å². The average molecular weight is 934 g/mol. The van der Waals surface area contributed by atoms with Gasteiger partial charge in [-0.15, -0.1) is 0 Å². The van der Waals surface area contributed by atoms with Crippen LogP contribution < -0.4 is 5.32 Å². The zero-order valence-electron chi connectivity index (χ0n) is 41.9. The molecule has 0 saturated carbocycles. The van der Waals surface area contributed by atoms with Gasteiger partial charge in [0.2, 0.25) is 5.91 Å². The molecule has 0 aromatic heterocycles. The number of ether oxygens (including phenoxy) is 3. The minimum atomic E-state index is -1.59. The Labute approximate surface area is 402 Å². The molecule has 0 spiro atoms. The maximum atomic E-state index is 13.0. The van der Waals surface area contributed by atoms with Crippen LogP contribution in [-0.2, 0) is 23.8 Å². The SMILES string of the molecule is CCCCCCCCCC/C=C/CC/C=C/C(O)C(COC1OC(CO)C(O)C(O)C1O)NC(=O)CC/C=C\C/C=C\CCCCCCCCOC(=O)CCCCCCCCCCCCC. The second kappa shape index (κ2) is 45.1. The Balaban J connectivity index is 2.27. The molecule has 11 heteroatoms. The van der Waals surface area contributed by atoms with Crippen molar-refractivity contribution in [2.75, 3.05) is 19.8 Å². The topological polar surface area (TPSA) is 175 Å². The van der Waals surface area contributed by atoms with Crippen LogP contribution in [0.4, 0.5) is 0 Å². The van der Waals surface area contributed by atoms with Crippen molar-refractivity contribution in [1.29, 1.82) is 0 Å². The fourth-order valence-corrected chi connectivity index (χ4v) is 8.09. The number of aliphatic hydroxyl groups excluding tert-OH is 5. The van der Waals surface area contributed by atoms with Gasteiger partial charge < -0.3 is 45.1 Å². The van der Waals surface area contributed by atoms with Gasteiger partial charge in [-0.2, -0.15) is 0 Å². The molecular weight excluding hydrogens is 835 g/mol. The van der Waals surface area contributed by atoms with E-state index in [1.807, 2.05) is 18.2 Å². The zero-order valence-corrected chi connectivity index (χ0v) is 41.9. The van der Waals surface area contributed by atoms with E-state index in [2.05, 4.69) is 43.5 Å². The third-order valence-corrected chi connectivity index (χ3v) is 12.4. The van der Waals surface area contributed by atoms with Gasteiger partial charge in [0, 0.05) is 12.8 Å². The molecule has 7 unspecified atom stereocenters. The van der Waals surface area contributed by atoms with Crippen LogP contribution >= 0.6 is 0 Å². The lowest BCUT2D eigenvalue weighted by molar-refractivity contribution is -0.302. The quantitative estimate of drug-likeness (QED) is 0.0196. The lowest BCUT2D eigenvalue weighted by atomic mass is 9.99. The number of unbranched alkanes of at least 4 members (excludes halogenated alkanes) is 25. The van der Waals surface area contributed by atoms with E-state index < -0.39 is 49.5 Å². The number of nitrogens with one attached hydrogen (secondary N) is 1. The van der Waals surface area contributed by atoms with Crippen LogP contribution in [0.15, 0.2) is 48.6 Å². The van der Waals surface area contributed by atoms with Gasteiger partial charge in [0.05, 0.1) is 32.0 Å². The monoisotopic (exact) mass is 934 g/mol. The molecule has 1 amide bonds. The molecule has 1 heterocycles. The molecule has 1 fully saturated rings. The number of carbonyl (C=O) groups excluding carboxylic acids is 2. The van der Waals surface area contributed by atoms with Crippen molar-refractivity contribution in [2.45, 2.75) is 269 Å².